The summed E-state index contributed by atoms with van der Waals surface area (Å²) >= 11 is 5.40. The highest BCUT2D eigenvalue weighted by molar-refractivity contribution is 9.09. The summed E-state index contributed by atoms with van der Waals surface area (Å²) < 4.78 is 0. The van der Waals surface area contributed by atoms with Gasteiger partial charge in [0.05, 0.1) is 0 Å². The van der Waals surface area contributed by atoms with Crippen molar-refractivity contribution in [3.63, 3.8) is 0 Å². The Kier molecular flexibility index (Phi) is 2.93. The molecular weight excluding hydrogens is 208 g/mol. The third-order valence-electron chi connectivity index (χ3n) is 1.68. The monoisotopic (exact) mass is 218 g/mol. The zero-order valence-corrected chi connectivity index (χ0v) is 8.58. The second kappa shape index (κ2) is 3.54. The summed E-state index contributed by atoms with van der Waals surface area (Å²) in [5.74, 6) is 0.639. The largest absolute Gasteiger partial charge is 0.149 e. The standard InChI is InChI=1S/C8H11BrS/c1-6(7(2)9)8-4-3-5-10-8/h3-7H,1-2H3/t6-,7-/m0/s1. The first-order valence-electron chi connectivity index (χ1n) is 3.39. The Morgan fingerprint density at radius 2 is 2.20 bits per heavy atom. The predicted molar refractivity (Wildman–Crippen MR) is 51.1 cm³/mol. The van der Waals surface area contributed by atoms with Gasteiger partial charge in [-0.3, -0.25) is 0 Å². The van der Waals surface area contributed by atoms with Gasteiger partial charge in [-0.25, -0.2) is 0 Å². The Labute approximate surface area is 74.4 Å². The van der Waals surface area contributed by atoms with Crippen LogP contribution in [0.3, 0.4) is 0 Å². The van der Waals surface area contributed by atoms with Gasteiger partial charge in [0.1, 0.15) is 0 Å². The molecule has 0 radical (unpaired) electrons. The van der Waals surface area contributed by atoms with Gasteiger partial charge < -0.3 is 0 Å². The number of alkyl halides is 1. The van der Waals surface area contributed by atoms with Crippen molar-refractivity contribution < 1.29 is 0 Å². The molecule has 0 bridgehead atoms. The van der Waals surface area contributed by atoms with E-state index in [1.165, 1.54) is 4.88 Å². The lowest BCUT2D eigenvalue weighted by Gasteiger charge is -2.10. The minimum Gasteiger partial charge on any atom is -0.149 e. The van der Waals surface area contributed by atoms with E-state index in [1.54, 1.807) is 0 Å². The average molecular weight is 219 g/mol. The van der Waals surface area contributed by atoms with E-state index in [-0.39, 0.29) is 0 Å². The third-order valence-corrected chi connectivity index (χ3v) is 3.55. The molecule has 0 aliphatic rings. The van der Waals surface area contributed by atoms with Crippen LogP contribution in [0, 0.1) is 0 Å². The van der Waals surface area contributed by atoms with Gasteiger partial charge in [-0.1, -0.05) is 35.8 Å². The number of rotatable bonds is 2. The minimum absolute atomic E-state index is 0.575. The Balaban J connectivity index is 2.68. The van der Waals surface area contributed by atoms with Crippen molar-refractivity contribution in [2.45, 2.75) is 24.6 Å². The molecule has 0 aliphatic carbocycles. The van der Waals surface area contributed by atoms with Crippen molar-refractivity contribution >= 4 is 27.3 Å². The summed E-state index contributed by atoms with van der Waals surface area (Å²) in [6.45, 7) is 4.43. The molecule has 0 aromatic carbocycles. The zero-order valence-electron chi connectivity index (χ0n) is 6.17. The highest BCUT2D eigenvalue weighted by atomic mass is 79.9. The van der Waals surface area contributed by atoms with Crippen LogP contribution in [0.2, 0.25) is 0 Å². The van der Waals surface area contributed by atoms with Crippen molar-refractivity contribution in [2.24, 2.45) is 0 Å². The average Bonchev–Trinajstić information content (AvgIpc) is 2.36. The molecule has 0 aliphatic heterocycles. The fourth-order valence-electron chi connectivity index (χ4n) is 0.777. The first kappa shape index (κ1) is 8.28. The quantitative estimate of drug-likeness (QED) is 0.666. The van der Waals surface area contributed by atoms with E-state index < -0.39 is 0 Å². The van der Waals surface area contributed by atoms with E-state index in [0.29, 0.717) is 10.7 Å². The SMILES string of the molecule is C[C@H](Br)[C@H](C)c1cccs1. The summed E-state index contributed by atoms with van der Waals surface area (Å²) in [7, 11) is 0. The Bertz CT molecular complexity index is 179. The van der Waals surface area contributed by atoms with Gasteiger partial charge in [0, 0.05) is 15.6 Å². The summed E-state index contributed by atoms with van der Waals surface area (Å²) in [5, 5.41) is 2.13. The van der Waals surface area contributed by atoms with Crippen molar-refractivity contribution in [1.29, 1.82) is 0 Å². The van der Waals surface area contributed by atoms with Crippen molar-refractivity contribution in [3.05, 3.63) is 22.4 Å². The van der Waals surface area contributed by atoms with Crippen LogP contribution >= 0.6 is 27.3 Å². The summed E-state index contributed by atoms with van der Waals surface area (Å²) in [4.78, 5) is 2.04. The molecule has 0 nitrogen and oxygen atoms in total. The normalized spacial score (nSPS) is 16.7. The van der Waals surface area contributed by atoms with E-state index >= 15 is 0 Å². The molecule has 0 N–H and O–H groups in total. The van der Waals surface area contributed by atoms with Gasteiger partial charge >= 0.3 is 0 Å². The van der Waals surface area contributed by atoms with E-state index in [0.717, 1.165) is 0 Å². The molecule has 10 heavy (non-hydrogen) atoms. The van der Waals surface area contributed by atoms with Crippen LogP contribution in [-0.4, -0.2) is 4.83 Å². The van der Waals surface area contributed by atoms with Gasteiger partial charge in [0.15, 0.2) is 0 Å². The zero-order chi connectivity index (χ0) is 7.56. The lowest BCUT2D eigenvalue weighted by Crippen LogP contribution is -2.01. The molecule has 1 aromatic rings. The van der Waals surface area contributed by atoms with Crippen molar-refractivity contribution in [3.8, 4) is 0 Å². The Morgan fingerprint density at radius 1 is 1.50 bits per heavy atom. The maximum atomic E-state index is 3.57. The first-order chi connectivity index (χ1) is 4.72. The molecule has 0 saturated carbocycles. The molecule has 1 rings (SSSR count). The molecule has 0 saturated heterocycles. The molecule has 0 unspecified atom stereocenters. The van der Waals surface area contributed by atoms with Gasteiger partial charge in [-0.15, -0.1) is 11.3 Å². The molecule has 1 aromatic heterocycles. The third kappa shape index (κ3) is 1.83. The smallest absolute Gasteiger partial charge is 0.0191 e. The second-order valence-electron chi connectivity index (χ2n) is 2.48. The molecule has 0 spiro atoms. The lowest BCUT2D eigenvalue weighted by molar-refractivity contribution is 0.777. The Hall–Kier alpha value is 0.180. The maximum Gasteiger partial charge on any atom is 0.0191 e. The van der Waals surface area contributed by atoms with Crippen LogP contribution in [0.1, 0.15) is 24.6 Å². The fourth-order valence-corrected chi connectivity index (χ4v) is 2.13. The number of thiophene rings is 1. The summed E-state index contributed by atoms with van der Waals surface area (Å²) in [6, 6.07) is 4.29. The molecule has 1 heterocycles. The molecule has 0 amide bonds. The van der Waals surface area contributed by atoms with E-state index in [2.05, 4.69) is 47.3 Å². The first-order valence-corrected chi connectivity index (χ1v) is 5.19. The highest BCUT2D eigenvalue weighted by Gasteiger charge is 2.10. The fraction of sp³-hybridized carbons (Fsp3) is 0.500. The van der Waals surface area contributed by atoms with E-state index in [4.69, 9.17) is 0 Å². The van der Waals surface area contributed by atoms with Gasteiger partial charge in [0.2, 0.25) is 0 Å². The van der Waals surface area contributed by atoms with Gasteiger partial charge in [-0.2, -0.15) is 0 Å². The van der Waals surface area contributed by atoms with Crippen molar-refractivity contribution in [2.75, 3.05) is 0 Å². The van der Waals surface area contributed by atoms with Crippen molar-refractivity contribution in [1.82, 2.24) is 0 Å². The van der Waals surface area contributed by atoms with E-state index in [9.17, 15) is 0 Å². The predicted octanol–water partition coefficient (Wildman–Crippen LogP) is 3.64. The number of halogens is 1. The molecule has 2 heteroatoms. The second-order valence-corrected chi connectivity index (χ2v) is 4.91. The molecule has 2 atom stereocenters. The van der Waals surface area contributed by atoms with Crippen LogP contribution in [0.15, 0.2) is 17.5 Å². The Morgan fingerprint density at radius 3 is 2.60 bits per heavy atom. The maximum absolute atomic E-state index is 3.57. The number of hydrogen-bond donors (Lipinski definition) is 0. The highest BCUT2D eigenvalue weighted by Crippen LogP contribution is 2.27. The van der Waals surface area contributed by atoms with Crippen LogP contribution in [0.4, 0.5) is 0 Å². The number of hydrogen-bond acceptors (Lipinski definition) is 1. The topological polar surface area (TPSA) is 0 Å². The molecule has 56 valence electrons. The molecule has 0 fully saturated rings. The summed E-state index contributed by atoms with van der Waals surface area (Å²) in [6.07, 6.45) is 0. The molecular formula is C8H11BrS. The van der Waals surface area contributed by atoms with Crippen LogP contribution in [-0.2, 0) is 0 Å². The van der Waals surface area contributed by atoms with Crippen LogP contribution in [0.5, 0.6) is 0 Å². The summed E-state index contributed by atoms with van der Waals surface area (Å²) in [5.41, 5.74) is 0. The van der Waals surface area contributed by atoms with Gasteiger partial charge in [0.25, 0.3) is 0 Å². The van der Waals surface area contributed by atoms with Crippen LogP contribution < -0.4 is 0 Å². The lowest BCUT2D eigenvalue weighted by atomic mass is 10.1. The van der Waals surface area contributed by atoms with Gasteiger partial charge in [-0.05, 0) is 11.4 Å². The minimum atomic E-state index is 0.575. The van der Waals surface area contributed by atoms with E-state index in [1.807, 2.05) is 11.3 Å². The van der Waals surface area contributed by atoms with Crippen LogP contribution in [0.25, 0.3) is 0 Å².